The van der Waals surface area contributed by atoms with Crippen LogP contribution >= 0.6 is 0 Å². The summed E-state index contributed by atoms with van der Waals surface area (Å²) in [5.41, 5.74) is 6.43. The lowest BCUT2D eigenvalue weighted by Crippen LogP contribution is -2.10. The van der Waals surface area contributed by atoms with Gasteiger partial charge in [0.15, 0.2) is 0 Å². The largest absolute Gasteiger partial charge is 0.466 e. The van der Waals surface area contributed by atoms with Crippen molar-refractivity contribution < 1.29 is 17.6 Å². The fourth-order valence-corrected chi connectivity index (χ4v) is 2.26. The number of nitrogens with two attached hydrogens (primary N) is 1. The molecule has 0 aliphatic rings. The van der Waals surface area contributed by atoms with Gasteiger partial charge in [-0.3, -0.25) is 0 Å². The molecule has 1 atom stereocenters. The number of furan rings is 1. The summed E-state index contributed by atoms with van der Waals surface area (Å²) in [5, 5.41) is 3.11. The molecular formula is C15H17F3N2O. The normalized spacial score (nSPS) is 13.2. The first kappa shape index (κ1) is 15.3. The Morgan fingerprint density at radius 3 is 2.33 bits per heavy atom. The second kappa shape index (κ2) is 5.35. The lowest BCUT2D eigenvalue weighted by molar-refractivity contribution is -0.137. The maximum Gasteiger partial charge on any atom is 0.416 e. The number of anilines is 2. The lowest BCUT2D eigenvalue weighted by atomic mass is 10.1. The first-order valence-corrected chi connectivity index (χ1v) is 6.48. The molecule has 0 aliphatic carbocycles. The second-order valence-electron chi connectivity index (χ2n) is 5.03. The Hall–Kier alpha value is -2.11. The highest BCUT2D eigenvalue weighted by Crippen LogP contribution is 2.34. The van der Waals surface area contributed by atoms with Crippen LogP contribution in [0.1, 0.15) is 35.6 Å². The summed E-state index contributed by atoms with van der Waals surface area (Å²) in [6, 6.07) is 5.06. The van der Waals surface area contributed by atoms with Gasteiger partial charge in [-0.2, -0.15) is 13.2 Å². The summed E-state index contributed by atoms with van der Waals surface area (Å²) < 4.78 is 43.2. The number of alkyl halides is 3. The maximum atomic E-state index is 12.6. The molecule has 0 fully saturated rings. The predicted octanol–water partition coefficient (Wildman–Crippen LogP) is 4.67. The number of rotatable bonds is 3. The minimum atomic E-state index is -4.39. The van der Waals surface area contributed by atoms with Crippen molar-refractivity contribution in [1.29, 1.82) is 0 Å². The zero-order valence-corrected chi connectivity index (χ0v) is 12.0. The van der Waals surface area contributed by atoms with E-state index in [1.807, 2.05) is 26.8 Å². The van der Waals surface area contributed by atoms with Gasteiger partial charge >= 0.3 is 6.18 Å². The molecule has 1 aromatic heterocycles. The van der Waals surface area contributed by atoms with E-state index in [1.54, 1.807) is 0 Å². The van der Waals surface area contributed by atoms with Gasteiger partial charge in [-0.15, -0.1) is 0 Å². The Morgan fingerprint density at radius 2 is 1.86 bits per heavy atom. The van der Waals surface area contributed by atoms with Crippen molar-refractivity contribution in [3.8, 4) is 0 Å². The van der Waals surface area contributed by atoms with E-state index < -0.39 is 11.7 Å². The molecule has 0 saturated carbocycles. The lowest BCUT2D eigenvalue weighted by Gasteiger charge is -2.17. The van der Waals surface area contributed by atoms with E-state index in [4.69, 9.17) is 10.2 Å². The summed E-state index contributed by atoms with van der Waals surface area (Å²) in [6.07, 6.45) is -4.39. The number of nitrogens with one attached hydrogen (secondary N) is 1. The molecule has 1 unspecified atom stereocenters. The van der Waals surface area contributed by atoms with Gasteiger partial charge in [0.2, 0.25) is 0 Å². The first-order valence-electron chi connectivity index (χ1n) is 6.48. The van der Waals surface area contributed by atoms with Crippen LogP contribution in [0.2, 0.25) is 0 Å². The number of aryl methyl sites for hydroxylation is 2. The van der Waals surface area contributed by atoms with Crippen LogP contribution in [0.25, 0.3) is 0 Å². The Kier molecular flexibility index (Phi) is 3.89. The van der Waals surface area contributed by atoms with Crippen LogP contribution in [0.15, 0.2) is 28.7 Å². The molecule has 0 spiro atoms. The van der Waals surface area contributed by atoms with Gasteiger partial charge < -0.3 is 15.5 Å². The molecule has 0 saturated heterocycles. The zero-order chi connectivity index (χ0) is 15.8. The molecule has 6 heteroatoms. The summed E-state index contributed by atoms with van der Waals surface area (Å²) in [7, 11) is 0. The Labute approximate surface area is 120 Å². The highest BCUT2D eigenvalue weighted by Gasteiger charge is 2.30. The molecule has 1 aromatic carbocycles. The fourth-order valence-electron chi connectivity index (χ4n) is 2.26. The molecular weight excluding hydrogens is 281 g/mol. The molecule has 0 amide bonds. The molecule has 1 heterocycles. The number of hydrogen-bond donors (Lipinski definition) is 2. The molecule has 3 N–H and O–H groups in total. The highest BCUT2D eigenvalue weighted by atomic mass is 19.4. The van der Waals surface area contributed by atoms with Crippen molar-refractivity contribution >= 4 is 11.4 Å². The molecule has 2 aromatic rings. The summed E-state index contributed by atoms with van der Waals surface area (Å²) in [4.78, 5) is 0. The van der Waals surface area contributed by atoms with E-state index in [0.717, 1.165) is 29.2 Å². The summed E-state index contributed by atoms with van der Waals surface area (Å²) in [6.45, 7) is 5.58. The van der Waals surface area contributed by atoms with E-state index in [2.05, 4.69) is 5.32 Å². The Morgan fingerprint density at radius 1 is 1.19 bits per heavy atom. The summed E-state index contributed by atoms with van der Waals surface area (Å²) >= 11 is 0. The van der Waals surface area contributed by atoms with E-state index in [0.29, 0.717) is 5.69 Å². The molecule has 2 rings (SSSR count). The third-order valence-corrected chi connectivity index (χ3v) is 3.30. The van der Waals surface area contributed by atoms with Gasteiger partial charge in [0.25, 0.3) is 0 Å². The summed E-state index contributed by atoms with van der Waals surface area (Å²) in [5.74, 6) is 1.56. The third-order valence-electron chi connectivity index (χ3n) is 3.30. The van der Waals surface area contributed by atoms with Crippen molar-refractivity contribution in [2.75, 3.05) is 11.1 Å². The molecule has 3 nitrogen and oxygen atoms in total. The van der Waals surface area contributed by atoms with Crippen molar-refractivity contribution in [3.05, 3.63) is 46.9 Å². The van der Waals surface area contributed by atoms with E-state index >= 15 is 0 Å². The average molecular weight is 298 g/mol. The van der Waals surface area contributed by atoms with Crippen molar-refractivity contribution in [2.45, 2.75) is 33.0 Å². The maximum absolute atomic E-state index is 12.6. The van der Waals surface area contributed by atoms with Crippen LogP contribution in [0.5, 0.6) is 0 Å². The number of hydrogen-bond acceptors (Lipinski definition) is 3. The van der Waals surface area contributed by atoms with E-state index in [-0.39, 0.29) is 11.7 Å². The SMILES string of the molecule is Cc1cc(C(C)Nc2ccc(C(F)(F)F)cc2N)c(C)o1. The predicted molar refractivity (Wildman–Crippen MR) is 76.1 cm³/mol. The van der Waals surface area contributed by atoms with Crippen LogP contribution in [0.3, 0.4) is 0 Å². The van der Waals surface area contributed by atoms with E-state index in [1.165, 1.54) is 6.07 Å². The first-order chi connectivity index (χ1) is 9.68. The van der Waals surface area contributed by atoms with Crippen LogP contribution < -0.4 is 11.1 Å². The third kappa shape index (κ3) is 3.32. The Bertz CT molecular complexity index is 647. The topological polar surface area (TPSA) is 51.2 Å². The Balaban J connectivity index is 2.22. The van der Waals surface area contributed by atoms with Crippen LogP contribution in [0.4, 0.5) is 24.5 Å². The van der Waals surface area contributed by atoms with Crippen molar-refractivity contribution in [2.24, 2.45) is 0 Å². The zero-order valence-electron chi connectivity index (χ0n) is 12.0. The van der Waals surface area contributed by atoms with Crippen molar-refractivity contribution in [1.82, 2.24) is 0 Å². The molecule has 0 radical (unpaired) electrons. The average Bonchev–Trinajstić information content (AvgIpc) is 2.69. The molecule has 21 heavy (non-hydrogen) atoms. The van der Waals surface area contributed by atoms with Crippen LogP contribution in [0, 0.1) is 13.8 Å². The van der Waals surface area contributed by atoms with Crippen LogP contribution in [-0.4, -0.2) is 0 Å². The number of nitrogen functional groups attached to an aromatic ring is 1. The van der Waals surface area contributed by atoms with Gasteiger partial charge in [-0.25, -0.2) is 0 Å². The van der Waals surface area contributed by atoms with Gasteiger partial charge in [0.1, 0.15) is 11.5 Å². The number of halogens is 3. The molecule has 0 bridgehead atoms. The smallest absolute Gasteiger partial charge is 0.416 e. The minimum absolute atomic E-state index is 0.0644. The minimum Gasteiger partial charge on any atom is -0.466 e. The quantitative estimate of drug-likeness (QED) is 0.810. The van der Waals surface area contributed by atoms with Crippen LogP contribution in [-0.2, 0) is 6.18 Å². The van der Waals surface area contributed by atoms with E-state index in [9.17, 15) is 13.2 Å². The second-order valence-corrected chi connectivity index (χ2v) is 5.03. The standard InChI is InChI=1S/C15H17F3N2O/c1-8-6-12(10(3)21-8)9(2)20-14-5-4-11(7-13(14)19)15(16,17)18/h4-7,9,20H,19H2,1-3H3. The molecule has 0 aliphatic heterocycles. The van der Waals surface area contributed by atoms with Crippen molar-refractivity contribution in [3.63, 3.8) is 0 Å². The molecule has 114 valence electrons. The highest BCUT2D eigenvalue weighted by molar-refractivity contribution is 5.68. The van der Waals surface area contributed by atoms with Gasteiger partial charge in [-0.05, 0) is 45.0 Å². The van der Waals surface area contributed by atoms with Gasteiger partial charge in [-0.1, -0.05) is 0 Å². The van der Waals surface area contributed by atoms with Gasteiger partial charge in [0, 0.05) is 5.56 Å². The monoisotopic (exact) mass is 298 g/mol. The fraction of sp³-hybridized carbons (Fsp3) is 0.333. The van der Waals surface area contributed by atoms with Gasteiger partial charge in [0.05, 0.1) is 23.0 Å². The number of benzene rings is 1.